The van der Waals surface area contributed by atoms with E-state index in [1.54, 1.807) is 18.3 Å². The summed E-state index contributed by atoms with van der Waals surface area (Å²) in [6.45, 7) is -1.16. The Morgan fingerprint density at radius 2 is 2.17 bits per heavy atom. The van der Waals surface area contributed by atoms with Crippen LogP contribution in [0.15, 0.2) is 35.7 Å². The van der Waals surface area contributed by atoms with Gasteiger partial charge in [-0.05, 0) is 31.0 Å². The van der Waals surface area contributed by atoms with E-state index < -0.39 is 12.2 Å². The molecule has 2 N–H and O–H groups in total. The first-order chi connectivity index (χ1) is 14.3. The van der Waals surface area contributed by atoms with E-state index in [2.05, 4.69) is 24.7 Å². The summed E-state index contributed by atoms with van der Waals surface area (Å²) in [5, 5.41) is -0.00781. The predicted molar refractivity (Wildman–Crippen MR) is 108 cm³/mol. The topological polar surface area (TPSA) is 113 Å². The molecule has 0 aliphatic carbocycles. The molecule has 2 aromatic rings. The van der Waals surface area contributed by atoms with E-state index in [-0.39, 0.29) is 34.9 Å². The fraction of sp³-hybridized carbons (Fsp3) is 0.421. The van der Waals surface area contributed by atoms with Crippen LogP contribution in [0.25, 0.3) is 0 Å². The second-order valence-corrected chi connectivity index (χ2v) is 8.18. The van der Waals surface area contributed by atoms with Gasteiger partial charge in [0, 0.05) is 17.9 Å². The molecule has 2 aromatic heterocycles. The highest BCUT2D eigenvalue weighted by molar-refractivity contribution is 8.14. The van der Waals surface area contributed by atoms with Crippen LogP contribution in [-0.4, -0.2) is 51.5 Å². The number of carbonyl (C=O) groups is 1. The zero-order valence-corrected chi connectivity index (χ0v) is 17.2. The molecule has 1 aliphatic heterocycles. The number of halogens is 2. The average molecular weight is 437 g/mol. The van der Waals surface area contributed by atoms with E-state index in [1.165, 1.54) is 31.3 Å². The van der Waals surface area contributed by atoms with Crippen LogP contribution in [0.5, 0.6) is 5.88 Å². The minimum atomic E-state index is -2.84. The highest BCUT2D eigenvalue weighted by atomic mass is 32.2. The van der Waals surface area contributed by atoms with E-state index in [0.29, 0.717) is 18.0 Å². The Morgan fingerprint density at radius 3 is 2.83 bits per heavy atom. The molecule has 8 nitrogen and oxygen atoms in total. The molecule has 0 bridgehead atoms. The van der Waals surface area contributed by atoms with Crippen molar-refractivity contribution in [2.24, 2.45) is 10.7 Å². The lowest BCUT2D eigenvalue weighted by atomic mass is 9.90. The fourth-order valence-corrected chi connectivity index (χ4v) is 4.28. The van der Waals surface area contributed by atoms with E-state index >= 15 is 0 Å². The van der Waals surface area contributed by atoms with Gasteiger partial charge in [0.1, 0.15) is 11.2 Å². The van der Waals surface area contributed by atoms with Crippen molar-refractivity contribution >= 4 is 22.7 Å². The summed E-state index contributed by atoms with van der Waals surface area (Å²) in [5.41, 5.74) is 6.65. The summed E-state index contributed by atoms with van der Waals surface area (Å²) in [6, 6.07) is 3.50. The number of thioether (sulfide) groups is 1. The van der Waals surface area contributed by atoms with Crippen LogP contribution >= 0.6 is 11.8 Å². The third kappa shape index (κ3) is 5.48. The van der Waals surface area contributed by atoms with Crippen molar-refractivity contribution in [3.63, 3.8) is 0 Å². The summed E-state index contributed by atoms with van der Waals surface area (Å²) in [5.74, 6) is 0.111. The molecule has 30 heavy (non-hydrogen) atoms. The van der Waals surface area contributed by atoms with Crippen molar-refractivity contribution in [3.05, 3.63) is 47.7 Å². The van der Waals surface area contributed by atoms with Crippen LogP contribution in [0.3, 0.4) is 0 Å². The first kappa shape index (κ1) is 22.0. The molecule has 0 amide bonds. The lowest BCUT2D eigenvalue weighted by molar-refractivity contribution is -0.128. The summed E-state index contributed by atoms with van der Waals surface area (Å²) in [6.07, 6.45) is 4.84. The van der Waals surface area contributed by atoms with Crippen LogP contribution in [0.1, 0.15) is 35.1 Å². The summed E-state index contributed by atoms with van der Waals surface area (Å²) >= 11 is 1.20. The monoisotopic (exact) mass is 437 g/mol. The maximum Gasteiger partial charge on any atom is 0.345 e. The van der Waals surface area contributed by atoms with Gasteiger partial charge in [0.2, 0.25) is 5.88 Å². The Bertz CT molecular complexity index is 929. The van der Waals surface area contributed by atoms with Crippen molar-refractivity contribution in [1.29, 1.82) is 0 Å². The molecule has 3 heterocycles. The predicted octanol–water partition coefficient (Wildman–Crippen LogP) is 2.58. The van der Waals surface area contributed by atoms with Crippen molar-refractivity contribution < 1.29 is 23.0 Å². The summed E-state index contributed by atoms with van der Waals surface area (Å²) in [4.78, 5) is 29.5. The number of amidine groups is 1. The van der Waals surface area contributed by atoms with Crippen LogP contribution < -0.4 is 10.5 Å². The third-order valence-corrected chi connectivity index (χ3v) is 5.51. The van der Waals surface area contributed by atoms with Gasteiger partial charge >= 0.3 is 6.61 Å². The Hall–Kier alpha value is -2.66. The summed E-state index contributed by atoms with van der Waals surface area (Å²) < 4.78 is 34.2. The van der Waals surface area contributed by atoms with Gasteiger partial charge in [-0.2, -0.15) is 8.78 Å². The quantitative estimate of drug-likeness (QED) is 0.627. The number of methoxy groups -OCH3 is 1. The number of aliphatic imine (C=N–C) groups is 1. The highest BCUT2D eigenvalue weighted by Crippen LogP contribution is 2.38. The second kappa shape index (κ2) is 9.43. The van der Waals surface area contributed by atoms with Crippen LogP contribution in [-0.2, 0) is 16.7 Å². The molecule has 0 spiro atoms. The first-order valence-electron chi connectivity index (χ1n) is 9.05. The maximum atomic E-state index is 12.5. The van der Waals surface area contributed by atoms with Crippen molar-refractivity contribution in [2.75, 3.05) is 13.7 Å². The minimum absolute atomic E-state index is 0.0957. The molecule has 0 unspecified atom stereocenters. The largest absolute Gasteiger partial charge is 0.480 e. The standard InChI is InChI=1S/C19H21F2N5O3S/c1-19(7-12(10-29-17(20)21)30-18(22)26-19)15-6-11(3-4-23-15)5-14(27)13-8-25-16(28-2)9-24-13/h3-4,6,8-9,12,17H,5,7,10H2,1-2H3,(H2,22,26)/t12-,19-/m0/s1. The van der Waals surface area contributed by atoms with Gasteiger partial charge in [0.25, 0.3) is 0 Å². The molecule has 0 fully saturated rings. The number of rotatable bonds is 8. The van der Waals surface area contributed by atoms with E-state index in [4.69, 9.17) is 10.5 Å². The average Bonchev–Trinajstić information content (AvgIpc) is 2.72. The number of alkyl halides is 2. The van der Waals surface area contributed by atoms with Crippen molar-refractivity contribution in [3.8, 4) is 5.88 Å². The minimum Gasteiger partial charge on any atom is -0.480 e. The second-order valence-electron chi connectivity index (χ2n) is 6.86. The maximum absolute atomic E-state index is 12.5. The first-order valence-corrected chi connectivity index (χ1v) is 9.93. The van der Waals surface area contributed by atoms with Gasteiger partial charge in [0.15, 0.2) is 11.0 Å². The van der Waals surface area contributed by atoms with Gasteiger partial charge in [0.05, 0.1) is 31.8 Å². The van der Waals surface area contributed by atoms with Gasteiger partial charge in [-0.3, -0.25) is 9.78 Å². The molecule has 0 aromatic carbocycles. The van der Waals surface area contributed by atoms with E-state index in [1.807, 2.05) is 6.92 Å². The highest BCUT2D eigenvalue weighted by Gasteiger charge is 2.36. The van der Waals surface area contributed by atoms with Gasteiger partial charge < -0.3 is 15.2 Å². The van der Waals surface area contributed by atoms with Crippen LogP contribution in [0.4, 0.5) is 8.78 Å². The zero-order valence-electron chi connectivity index (χ0n) is 16.4. The number of ether oxygens (including phenoxy) is 2. The molecular weight excluding hydrogens is 416 g/mol. The Kier molecular flexibility index (Phi) is 6.93. The zero-order chi connectivity index (χ0) is 21.7. The number of nitrogens with zero attached hydrogens (tertiary/aromatic N) is 4. The summed E-state index contributed by atoms with van der Waals surface area (Å²) in [7, 11) is 1.47. The van der Waals surface area contributed by atoms with Gasteiger partial charge in [-0.15, -0.1) is 0 Å². The molecule has 0 saturated carbocycles. The van der Waals surface area contributed by atoms with E-state index in [0.717, 1.165) is 5.56 Å². The molecule has 2 atom stereocenters. The van der Waals surface area contributed by atoms with Crippen molar-refractivity contribution in [1.82, 2.24) is 15.0 Å². The van der Waals surface area contributed by atoms with Crippen LogP contribution in [0.2, 0.25) is 0 Å². The SMILES string of the molecule is COc1cnc(C(=O)Cc2ccnc([C@]3(C)C[C@@H](COC(F)F)SC(N)=N3)c2)cn1. The number of Topliss-reactive ketones (excluding diaryl/α,β-unsaturated/α-hetero) is 1. The number of ketones is 1. The lowest BCUT2D eigenvalue weighted by Gasteiger charge is -2.33. The molecule has 0 saturated heterocycles. The van der Waals surface area contributed by atoms with E-state index in [9.17, 15) is 13.6 Å². The fourth-order valence-electron chi connectivity index (χ4n) is 3.13. The number of hydrogen-bond acceptors (Lipinski definition) is 9. The molecule has 1 aliphatic rings. The van der Waals surface area contributed by atoms with Gasteiger partial charge in [-0.25, -0.2) is 15.0 Å². The third-order valence-electron chi connectivity index (χ3n) is 4.54. The molecule has 11 heteroatoms. The molecule has 160 valence electrons. The van der Waals surface area contributed by atoms with Crippen molar-refractivity contribution in [2.45, 2.75) is 37.2 Å². The Balaban J connectivity index is 1.76. The number of hydrogen-bond donors (Lipinski definition) is 1. The van der Waals surface area contributed by atoms with Gasteiger partial charge in [-0.1, -0.05) is 11.8 Å². The number of aromatic nitrogens is 3. The smallest absolute Gasteiger partial charge is 0.345 e. The Morgan fingerprint density at radius 1 is 1.37 bits per heavy atom. The Labute approximate surface area is 176 Å². The molecule has 0 radical (unpaired) electrons. The number of nitrogens with two attached hydrogens (primary N) is 1. The number of carbonyl (C=O) groups excluding carboxylic acids is 1. The molecule has 3 rings (SSSR count). The molecular formula is C19H21F2N5O3S. The van der Waals surface area contributed by atoms with Crippen LogP contribution in [0, 0.1) is 0 Å². The lowest BCUT2D eigenvalue weighted by Crippen LogP contribution is -2.36. The number of pyridine rings is 1. The normalized spacial score (nSPS) is 21.4.